The summed E-state index contributed by atoms with van der Waals surface area (Å²) in [5.74, 6) is -0.331. The Morgan fingerprint density at radius 1 is 1.26 bits per heavy atom. The van der Waals surface area contributed by atoms with Gasteiger partial charge < -0.3 is 10.6 Å². The number of amides is 2. The van der Waals surface area contributed by atoms with Gasteiger partial charge in [-0.05, 0) is 24.6 Å². The van der Waals surface area contributed by atoms with Gasteiger partial charge in [-0.25, -0.2) is 4.68 Å². The van der Waals surface area contributed by atoms with Gasteiger partial charge in [0.25, 0.3) is 5.91 Å². The molecule has 1 aromatic carbocycles. The molecule has 0 saturated heterocycles. The normalized spacial score (nSPS) is 10.4. The molecule has 2 aromatic rings. The van der Waals surface area contributed by atoms with Crippen molar-refractivity contribution in [3.05, 3.63) is 46.7 Å². The summed E-state index contributed by atoms with van der Waals surface area (Å²) < 4.78 is 1.72. The second-order valence-corrected chi connectivity index (χ2v) is 5.43. The van der Waals surface area contributed by atoms with Gasteiger partial charge in [0.2, 0.25) is 5.91 Å². The standard InChI is InChI=1S/C16H19ClN4O2/c1-3-15-14(16(23)19-8-7-18-11(2)22)10-20-21(15)13-6-4-5-12(17)9-13/h4-6,9-10H,3,7-8H2,1-2H3,(H,18,22)(H,19,23). The van der Waals surface area contributed by atoms with Gasteiger partial charge in [-0.15, -0.1) is 0 Å². The van der Waals surface area contributed by atoms with Gasteiger partial charge in [0.1, 0.15) is 0 Å². The summed E-state index contributed by atoms with van der Waals surface area (Å²) in [6.07, 6.45) is 2.20. The molecule has 0 spiro atoms. The Kier molecular flexibility index (Phi) is 5.76. The average molecular weight is 335 g/mol. The Bertz CT molecular complexity index is 712. The highest BCUT2D eigenvalue weighted by atomic mass is 35.5. The second kappa shape index (κ2) is 7.78. The number of hydrogen-bond donors (Lipinski definition) is 2. The minimum Gasteiger partial charge on any atom is -0.355 e. The maximum absolute atomic E-state index is 12.3. The van der Waals surface area contributed by atoms with E-state index in [4.69, 9.17) is 11.6 Å². The molecule has 2 amide bonds. The quantitative estimate of drug-likeness (QED) is 0.793. The number of aromatic nitrogens is 2. The van der Waals surface area contributed by atoms with Crippen LogP contribution in [-0.2, 0) is 11.2 Å². The molecule has 122 valence electrons. The first-order chi connectivity index (χ1) is 11.0. The molecule has 0 radical (unpaired) electrons. The molecule has 6 nitrogen and oxygen atoms in total. The fourth-order valence-corrected chi connectivity index (χ4v) is 2.43. The Balaban J connectivity index is 2.14. The van der Waals surface area contributed by atoms with E-state index in [2.05, 4.69) is 15.7 Å². The summed E-state index contributed by atoms with van der Waals surface area (Å²) in [6.45, 7) is 4.16. The van der Waals surface area contributed by atoms with Crippen LogP contribution >= 0.6 is 11.6 Å². The van der Waals surface area contributed by atoms with E-state index in [-0.39, 0.29) is 11.8 Å². The molecule has 23 heavy (non-hydrogen) atoms. The number of hydrogen-bond acceptors (Lipinski definition) is 3. The van der Waals surface area contributed by atoms with Crippen LogP contribution in [0.4, 0.5) is 0 Å². The predicted molar refractivity (Wildman–Crippen MR) is 89.0 cm³/mol. The lowest BCUT2D eigenvalue weighted by Gasteiger charge is -2.09. The summed E-state index contributed by atoms with van der Waals surface area (Å²) in [5, 5.41) is 10.3. The summed E-state index contributed by atoms with van der Waals surface area (Å²) in [6, 6.07) is 7.31. The first-order valence-corrected chi connectivity index (χ1v) is 7.76. The van der Waals surface area contributed by atoms with Gasteiger partial charge in [0.15, 0.2) is 0 Å². The van der Waals surface area contributed by atoms with Crippen molar-refractivity contribution in [2.24, 2.45) is 0 Å². The highest BCUT2D eigenvalue weighted by Gasteiger charge is 2.16. The lowest BCUT2D eigenvalue weighted by molar-refractivity contribution is -0.118. The van der Waals surface area contributed by atoms with Crippen LogP contribution in [0.3, 0.4) is 0 Å². The van der Waals surface area contributed by atoms with Crippen molar-refractivity contribution in [2.75, 3.05) is 13.1 Å². The molecule has 0 aliphatic carbocycles. The first kappa shape index (κ1) is 17.0. The SMILES string of the molecule is CCc1c(C(=O)NCCNC(C)=O)cnn1-c1cccc(Cl)c1. The summed E-state index contributed by atoms with van der Waals surface area (Å²) in [7, 11) is 0. The zero-order valence-electron chi connectivity index (χ0n) is 13.1. The molecular weight excluding hydrogens is 316 g/mol. The van der Waals surface area contributed by atoms with Gasteiger partial charge in [-0.1, -0.05) is 24.6 Å². The third-order valence-corrected chi connectivity index (χ3v) is 3.52. The molecule has 0 aliphatic heterocycles. The fraction of sp³-hybridized carbons (Fsp3) is 0.312. The molecule has 2 N–H and O–H groups in total. The Morgan fingerprint density at radius 2 is 2.00 bits per heavy atom. The molecule has 0 atom stereocenters. The molecule has 0 unspecified atom stereocenters. The van der Waals surface area contributed by atoms with E-state index in [1.54, 1.807) is 23.0 Å². The van der Waals surface area contributed by atoms with Crippen molar-refractivity contribution in [1.82, 2.24) is 20.4 Å². The summed E-state index contributed by atoms with van der Waals surface area (Å²) >= 11 is 6.01. The van der Waals surface area contributed by atoms with Crippen molar-refractivity contribution in [3.8, 4) is 5.69 Å². The topological polar surface area (TPSA) is 76.0 Å². The first-order valence-electron chi connectivity index (χ1n) is 7.38. The molecule has 1 aromatic heterocycles. The maximum atomic E-state index is 12.3. The van der Waals surface area contributed by atoms with Crippen LogP contribution in [0, 0.1) is 0 Å². The zero-order valence-corrected chi connectivity index (χ0v) is 13.9. The van der Waals surface area contributed by atoms with E-state index in [1.807, 2.05) is 19.1 Å². The Labute approximate surface area is 139 Å². The lowest BCUT2D eigenvalue weighted by Crippen LogP contribution is -2.33. The van der Waals surface area contributed by atoms with Gasteiger partial charge in [-0.2, -0.15) is 5.10 Å². The lowest BCUT2D eigenvalue weighted by atomic mass is 10.2. The van der Waals surface area contributed by atoms with Crippen LogP contribution in [0.1, 0.15) is 29.9 Å². The monoisotopic (exact) mass is 334 g/mol. The number of benzene rings is 1. The molecule has 0 fully saturated rings. The maximum Gasteiger partial charge on any atom is 0.254 e. The van der Waals surface area contributed by atoms with E-state index in [9.17, 15) is 9.59 Å². The fourth-order valence-electron chi connectivity index (χ4n) is 2.24. The van der Waals surface area contributed by atoms with Crippen molar-refractivity contribution < 1.29 is 9.59 Å². The number of rotatable bonds is 6. The highest BCUT2D eigenvalue weighted by molar-refractivity contribution is 6.30. The van der Waals surface area contributed by atoms with Crippen LogP contribution in [0.5, 0.6) is 0 Å². The zero-order chi connectivity index (χ0) is 16.8. The smallest absolute Gasteiger partial charge is 0.254 e. The van der Waals surface area contributed by atoms with Crippen LogP contribution in [0.2, 0.25) is 5.02 Å². The van der Waals surface area contributed by atoms with Crippen LogP contribution < -0.4 is 10.6 Å². The summed E-state index contributed by atoms with van der Waals surface area (Å²) in [4.78, 5) is 23.1. The Morgan fingerprint density at radius 3 is 2.65 bits per heavy atom. The van der Waals surface area contributed by atoms with Crippen molar-refractivity contribution in [1.29, 1.82) is 0 Å². The number of carbonyl (C=O) groups is 2. The van der Waals surface area contributed by atoms with Crippen molar-refractivity contribution in [3.63, 3.8) is 0 Å². The average Bonchev–Trinajstić information content (AvgIpc) is 2.95. The number of nitrogens with one attached hydrogen (secondary N) is 2. The van der Waals surface area contributed by atoms with Crippen LogP contribution in [0.25, 0.3) is 5.69 Å². The second-order valence-electron chi connectivity index (χ2n) is 4.99. The summed E-state index contributed by atoms with van der Waals surface area (Å²) in [5.41, 5.74) is 2.14. The molecule has 0 bridgehead atoms. The van der Waals surface area contributed by atoms with Crippen LogP contribution in [-0.4, -0.2) is 34.7 Å². The van der Waals surface area contributed by atoms with E-state index in [0.717, 1.165) is 11.4 Å². The minimum atomic E-state index is -0.208. The third-order valence-electron chi connectivity index (χ3n) is 3.29. The van der Waals surface area contributed by atoms with Gasteiger partial charge in [0, 0.05) is 25.0 Å². The molecule has 0 saturated carbocycles. The Hall–Kier alpha value is -2.34. The number of carbonyl (C=O) groups excluding carboxylic acids is 2. The third kappa shape index (κ3) is 4.32. The molecule has 7 heteroatoms. The van der Waals surface area contributed by atoms with Gasteiger partial charge in [-0.3, -0.25) is 9.59 Å². The molecule has 0 aliphatic rings. The van der Waals surface area contributed by atoms with E-state index in [0.29, 0.717) is 30.1 Å². The highest BCUT2D eigenvalue weighted by Crippen LogP contribution is 2.19. The minimum absolute atomic E-state index is 0.123. The van der Waals surface area contributed by atoms with Crippen molar-refractivity contribution in [2.45, 2.75) is 20.3 Å². The molecular formula is C16H19ClN4O2. The van der Waals surface area contributed by atoms with Crippen molar-refractivity contribution >= 4 is 23.4 Å². The number of nitrogens with zero attached hydrogens (tertiary/aromatic N) is 2. The number of halogens is 1. The predicted octanol–water partition coefficient (Wildman–Crippen LogP) is 1.95. The largest absolute Gasteiger partial charge is 0.355 e. The van der Waals surface area contributed by atoms with E-state index in [1.165, 1.54) is 6.92 Å². The molecule has 1 heterocycles. The van der Waals surface area contributed by atoms with E-state index < -0.39 is 0 Å². The van der Waals surface area contributed by atoms with Gasteiger partial charge >= 0.3 is 0 Å². The molecule has 2 rings (SSSR count). The van der Waals surface area contributed by atoms with Gasteiger partial charge in [0.05, 0.1) is 23.1 Å². The van der Waals surface area contributed by atoms with Crippen LogP contribution in [0.15, 0.2) is 30.5 Å². The van der Waals surface area contributed by atoms with E-state index >= 15 is 0 Å².